The molecule has 0 aromatic heterocycles. The molecule has 0 spiro atoms. The third-order valence-corrected chi connectivity index (χ3v) is 6.88. The number of unbranched alkanes of at least 4 members (excludes halogenated alkanes) is 18. The van der Waals surface area contributed by atoms with Crippen LogP contribution in [0, 0.1) is 0 Å². The van der Waals surface area contributed by atoms with E-state index in [-0.39, 0.29) is 0 Å². The zero-order valence-corrected chi connectivity index (χ0v) is 21.3. The van der Waals surface area contributed by atoms with Crippen LogP contribution in [0.4, 0.5) is 0 Å². The van der Waals surface area contributed by atoms with E-state index < -0.39 is 37.3 Å². The van der Waals surface area contributed by atoms with Gasteiger partial charge in [0.25, 0.3) is 0 Å². The normalized spacial score (nSPS) is 25.5. The van der Waals surface area contributed by atoms with Crippen molar-refractivity contribution in [3.05, 3.63) is 0 Å². The monoisotopic (exact) mass is 474 g/mol. The molecular formula is C27H54O6. The molecule has 1 aliphatic heterocycles. The third kappa shape index (κ3) is 14.7. The Morgan fingerprint density at radius 3 is 1.33 bits per heavy atom. The van der Waals surface area contributed by atoms with Crippen molar-refractivity contribution in [1.29, 1.82) is 0 Å². The Morgan fingerprint density at radius 1 is 0.545 bits per heavy atom. The van der Waals surface area contributed by atoms with Crippen molar-refractivity contribution in [2.75, 3.05) is 13.2 Å². The van der Waals surface area contributed by atoms with Crippen molar-refractivity contribution in [3.63, 3.8) is 0 Å². The molecule has 0 aromatic rings. The molecule has 6 heteroatoms. The van der Waals surface area contributed by atoms with Crippen LogP contribution in [0.1, 0.15) is 129 Å². The third-order valence-electron chi connectivity index (χ3n) is 6.88. The molecule has 198 valence electrons. The van der Waals surface area contributed by atoms with E-state index in [1.807, 2.05) is 0 Å². The molecule has 1 saturated heterocycles. The average Bonchev–Trinajstić information content (AvgIpc) is 2.82. The number of ether oxygens (including phenoxy) is 2. The molecule has 1 heterocycles. The van der Waals surface area contributed by atoms with E-state index in [0.29, 0.717) is 6.61 Å². The van der Waals surface area contributed by atoms with E-state index in [9.17, 15) is 20.4 Å². The Bertz CT molecular complexity index is 419. The van der Waals surface area contributed by atoms with Gasteiger partial charge in [-0.25, -0.2) is 0 Å². The zero-order valence-electron chi connectivity index (χ0n) is 21.3. The van der Waals surface area contributed by atoms with Gasteiger partial charge in [0, 0.05) is 6.61 Å². The highest BCUT2D eigenvalue weighted by molar-refractivity contribution is 4.88. The van der Waals surface area contributed by atoms with Crippen LogP contribution < -0.4 is 0 Å². The fourth-order valence-electron chi connectivity index (χ4n) is 4.59. The highest BCUT2D eigenvalue weighted by atomic mass is 16.7. The maximum Gasteiger partial charge on any atom is 0.186 e. The number of hydrogen-bond acceptors (Lipinski definition) is 6. The molecule has 0 bridgehead atoms. The van der Waals surface area contributed by atoms with Gasteiger partial charge in [0.1, 0.15) is 24.4 Å². The van der Waals surface area contributed by atoms with E-state index in [2.05, 4.69) is 6.92 Å². The molecular weight excluding hydrogens is 420 g/mol. The predicted molar refractivity (Wildman–Crippen MR) is 133 cm³/mol. The van der Waals surface area contributed by atoms with Crippen molar-refractivity contribution in [2.45, 2.75) is 160 Å². The van der Waals surface area contributed by atoms with E-state index in [0.717, 1.165) is 12.8 Å². The minimum Gasteiger partial charge on any atom is -0.394 e. The lowest BCUT2D eigenvalue weighted by Gasteiger charge is -2.39. The second kappa shape index (κ2) is 21.1. The average molecular weight is 475 g/mol. The van der Waals surface area contributed by atoms with Crippen molar-refractivity contribution in [2.24, 2.45) is 0 Å². The van der Waals surface area contributed by atoms with Crippen LogP contribution >= 0.6 is 0 Å². The van der Waals surface area contributed by atoms with Crippen LogP contribution in [-0.2, 0) is 9.47 Å². The van der Waals surface area contributed by atoms with E-state index in [1.54, 1.807) is 0 Å². The topological polar surface area (TPSA) is 99.4 Å². The first-order chi connectivity index (χ1) is 16.1. The summed E-state index contributed by atoms with van der Waals surface area (Å²) >= 11 is 0. The molecule has 6 nitrogen and oxygen atoms in total. The first-order valence-electron chi connectivity index (χ1n) is 14.0. The predicted octanol–water partition coefficient (Wildman–Crippen LogP) is 5.23. The van der Waals surface area contributed by atoms with Crippen molar-refractivity contribution in [1.82, 2.24) is 0 Å². The fourth-order valence-corrected chi connectivity index (χ4v) is 4.59. The zero-order chi connectivity index (χ0) is 24.2. The van der Waals surface area contributed by atoms with E-state index >= 15 is 0 Å². The summed E-state index contributed by atoms with van der Waals surface area (Å²) in [5.41, 5.74) is 0. The van der Waals surface area contributed by atoms with Gasteiger partial charge in [0.2, 0.25) is 0 Å². The molecule has 4 N–H and O–H groups in total. The fraction of sp³-hybridized carbons (Fsp3) is 1.00. The van der Waals surface area contributed by atoms with Crippen LogP contribution in [-0.4, -0.2) is 64.3 Å². The molecule has 0 unspecified atom stereocenters. The SMILES string of the molecule is CCCCCCCCCCCCCCCCCCCCCO[C@H]1O[C@@H](CO)[C@H](O)[C@@H](O)[C@@H]1O. The van der Waals surface area contributed by atoms with Gasteiger partial charge in [0.05, 0.1) is 6.61 Å². The maximum absolute atomic E-state index is 9.94. The lowest BCUT2D eigenvalue weighted by atomic mass is 9.99. The molecule has 33 heavy (non-hydrogen) atoms. The summed E-state index contributed by atoms with van der Waals surface area (Å²) in [5, 5.41) is 38.7. The Balaban J connectivity index is 1.80. The largest absolute Gasteiger partial charge is 0.394 e. The first-order valence-corrected chi connectivity index (χ1v) is 14.0. The summed E-state index contributed by atoms with van der Waals surface area (Å²) in [7, 11) is 0. The summed E-state index contributed by atoms with van der Waals surface area (Å²) in [5.74, 6) is 0. The highest BCUT2D eigenvalue weighted by Crippen LogP contribution is 2.22. The number of rotatable bonds is 22. The standard InChI is InChI=1S/C27H54O6/c1-2-3-4-5-6-7-8-9-10-11-12-13-14-15-16-17-18-19-20-21-32-27-26(31)25(30)24(29)23(22-28)33-27/h23-31H,2-22H2,1H3/t23-,24-,25+,26-,27-/m0/s1. The Hall–Kier alpha value is -0.240. The molecule has 1 rings (SSSR count). The van der Waals surface area contributed by atoms with Crippen LogP contribution in [0.25, 0.3) is 0 Å². The molecule has 0 aromatic carbocycles. The van der Waals surface area contributed by atoms with Gasteiger partial charge < -0.3 is 29.9 Å². The Labute approximate surface area is 203 Å². The van der Waals surface area contributed by atoms with Gasteiger partial charge in [0.15, 0.2) is 6.29 Å². The summed E-state index contributed by atoms with van der Waals surface area (Å²) in [6.45, 7) is 2.28. The summed E-state index contributed by atoms with van der Waals surface area (Å²) in [6.07, 6.45) is 19.4. The lowest BCUT2D eigenvalue weighted by molar-refractivity contribution is -0.301. The Morgan fingerprint density at radius 2 is 0.939 bits per heavy atom. The maximum atomic E-state index is 9.94. The number of aliphatic hydroxyl groups is 4. The van der Waals surface area contributed by atoms with Crippen molar-refractivity contribution >= 4 is 0 Å². The van der Waals surface area contributed by atoms with Gasteiger partial charge in [-0.15, -0.1) is 0 Å². The van der Waals surface area contributed by atoms with Gasteiger partial charge in [-0.2, -0.15) is 0 Å². The van der Waals surface area contributed by atoms with E-state index in [4.69, 9.17) is 9.47 Å². The summed E-state index contributed by atoms with van der Waals surface area (Å²) in [4.78, 5) is 0. The van der Waals surface area contributed by atoms with Crippen molar-refractivity contribution < 1.29 is 29.9 Å². The van der Waals surface area contributed by atoms with E-state index in [1.165, 1.54) is 109 Å². The minimum atomic E-state index is -1.37. The van der Waals surface area contributed by atoms with Crippen LogP contribution in [0.5, 0.6) is 0 Å². The van der Waals surface area contributed by atoms with Crippen LogP contribution in [0.2, 0.25) is 0 Å². The lowest BCUT2D eigenvalue weighted by Crippen LogP contribution is -2.59. The van der Waals surface area contributed by atoms with Gasteiger partial charge in [-0.1, -0.05) is 122 Å². The molecule has 0 amide bonds. The first kappa shape index (κ1) is 30.8. The molecule has 1 aliphatic rings. The number of aliphatic hydroxyl groups excluding tert-OH is 4. The quantitative estimate of drug-likeness (QED) is 0.160. The summed E-state index contributed by atoms with van der Waals surface area (Å²) < 4.78 is 10.9. The molecule has 1 fully saturated rings. The molecule has 0 radical (unpaired) electrons. The molecule has 0 aliphatic carbocycles. The second-order valence-corrected chi connectivity index (χ2v) is 9.93. The Kier molecular flexibility index (Phi) is 19.7. The molecule has 0 saturated carbocycles. The van der Waals surface area contributed by atoms with Crippen LogP contribution in [0.3, 0.4) is 0 Å². The van der Waals surface area contributed by atoms with Crippen molar-refractivity contribution in [3.8, 4) is 0 Å². The highest BCUT2D eigenvalue weighted by Gasteiger charge is 2.43. The van der Waals surface area contributed by atoms with Gasteiger partial charge in [-0.05, 0) is 6.42 Å². The number of hydrogen-bond donors (Lipinski definition) is 4. The van der Waals surface area contributed by atoms with Gasteiger partial charge in [-0.3, -0.25) is 0 Å². The molecule has 5 atom stereocenters. The minimum absolute atomic E-state index is 0.427. The van der Waals surface area contributed by atoms with Gasteiger partial charge >= 0.3 is 0 Å². The smallest absolute Gasteiger partial charge is 0.186 e. The summed E-state index contributed by atoms with van der Waals surface area (Å²) in [6, 6.07) is 0. The second-order valence-electron chi connectivity index (χ2n) is 9.93. The van der Waals surface area contributed by atoms with Crippen LogP contribution in [0.15, 0.2) is 0 Å².